The van der Waals surface area contributed by atoms with Crippen LogP contribution < -0.4 is 5.43 Å². The molecule has 5 rings (SSSR count). The number of carbonyl (C=O) groups excluding carboxylic acids is 1. The molecule has 0 bridgehead atoms. The molecule has 1 aliphatic rings. The fourth-order valence-electron chi connectivity index (χ4n) is 4.22. The molecule has 180 valence electrons. The van der Waals surface area contributed by atoms with E-state index < -0.39 is 11.7 Å². The zero-order valence-electron chi connectivity index (χ0n) is 19.0. The van der Waals surface area contributed by atoms with E-state index in [1.807, 2.05) is 19.9 Å². The van der Waals surface area contributed by atoms with Crippen LogP contribution in [0, 0.1) is 19.8 Å². The second kappa shape index (κ2) is 8.33. The lowest BCUT2D eigenvalue weighted by atomic mass is 10.0. The first-order valence-corrected chi connectivity index (χ1v) is 11.1. The zero-order valence-corrected chi connectivity index (χ0v) is 19.0. The van der Waals surface area contributed by atoms with Crippen molar-refractivity contribution < 1.29 is 27.5 Å². The van der Waals surface area contributed by atoms with E-state index in [1.165, 1.54) is 16.9 Å². The van der Waals surface area contributed by atoms with Gasteiger partial charge in [0, 0.05) is 17.0 Å². The summed E-state index contributed by atoms with van der Waals surface area (Å²) in [7, 11) is 0. The van der Waals surface area contributed by atoms with Gasteiger partial charge in [0.05, 0.1) is 22.9 Å². The fourth-order valence-corrected chi connectivity index (χ4v) is 4.22. The Labute approximate surface area is 198 Å². The minimum absolute atomic E-state index is 0.106. The van der Waals surface area contributed by atoms with E-state index in [-0.39, 0.29) is 40.3 Å². The van der Waals surface area contributed by atoms with Crippen LogP contribution in [-0.4, -0.2) is 21.3 Å². The van der Waals surface area contributed by atoms with E-state index in [9.17, 15) is 23.1 Å². The molecule has 2 N–H and O–H groups in total. The molecule has 2 heterocycles. The molecule has 0 saturated heterocycles. The molecule has 0 spiro atoms. The molecule has 4 aromatic rings. The number of aromatic hydroxyl groups is 1. The molecular weight excluding hydrogens is 459 g/mol. The Kier molecular flexibility index (Phi) is 5.42. The largest absolute Gasteiger partial charge is 0.494 e. The second-order valence-electron chi connectivity index (χ2n) is 8.80. The molecule has 1 aliphatic carbocycles. The maximum Gasteiger partial charge on any atom is 0.416 e. The van der Waals surface area contributed by atoms with Gasteiger partial charge >= 0.3 is 6.18 Å². The molecule has 0 unspecified atom stereocenters. The summed E-state index contributed by atoms with van der Waals surface area (Å²) >= 11 is 0. The van der Waals surface area contributed by atoms with Crippen LogP contribution >= 0.6 is 0 Å². The van der Waals surface area contributed by atoms with Gasteiger partial charge in [-0.2, -0.15) is 18.3 Å². The quantitative estimate of drug-likeness (QED) is 0.278. The Bertz CT molecular complexity index is 1440. The summed E-state index contributed by atoms with van der Waals surface area (Å²) in [5.41, 5.74) is 4.33. The van der Waals surface area contributed by atoms with Gasteiger partial charge < -0.3 is 9.52 Å². The molecule has 2 aromatic heterocycles. The predicted octanol–water partition coefficient (Wildman–Crippen LogP) is 5.84. The number of rotatable bonds is 5. The van der Waals surface area contributed by atoms with Crippen molar-refractivity contribution in [1.29, 1.82) is 0 Å². The van der Waals surface area contributed by atoms with Gasteiger partial charge in [0.15, 0.2) is 5.76 Å². The summed E-state index contributed by atoms with van der Waals surface area (Å²) in [5, 5.41) is 16.0. The number of alkyl halides is 3. The van der Waals surface area contributed by atoms with Crippen LogP contribution in [0.25, 0.3) is 16.6 Å². The number of aromatic nitrogens is 1. The molecule has 2 aromatic carbocycles. The third-order valence-corrected chi connectivity index (χ3v) is 5.95. The van der Waals surface area contributed by atoms with Gasteiger partial charge in [0.2, 0.25) is 11.8 Å². The van der Waals surface area contributed by atoms with Crippen LogP contribution in [0.1, 0.15) is 40.9 Å². The molecule has 0 radical (unpaired) electrons. The molecule has 6 nitrogen and oxygen atoms in total. The number of carbonyl (C=O) groups is 1. The molecule has 0 atom stereocenters. The topological polar surface area (TPSA) is 79.8 Å². The maximum absolute atomic E-state index is 13.6. The van der Waals surface area contributed by atoms with Crippen LogP contribution in [0.3, 0.4) is 0 Å². The average molecular weight is 481 g/mol. The minimum Gasteiger partial charge on any atom is -0.494 e. The number of hydrogen-bond donors (Lipinski definition) is 2. The van der Waals surface area contributed by atoms with E-state index in [4.69, 9.17) is 4.42 Å². The summed E-state index contributed by atoms with van der Waals surface area (Å²) in [4.78, 5) is 12.3. The molecule has 35 heavy (non-hydrogen) atoms. The summed E-state index contributed by atoms with van der Waals surface area (Å²) in [6, 6.07) is 12.0. The smallest absolute Gasteiger partial charge is 0.416 e. The summed E-state index contributed by atoms with van der Waals surface area (Å²) in [6.45, 7) is 3.73. The molecular formula is C26H22F3N3O3. The Balaban J connectivity index is 1.79. The first kappa shape index (κ1) is 22.8. The average Bonchev–Trinajstić information content (AvgIpc) is 3.42. The zero-order chi connectivity index (χ0) is 24.9. The van der Waals surface area contributed by atoms with Crippen molar-refractivity contribution in [2.45, 2.75) is 32.9 Å². The van der Waals surface area contributed by atoms with Gasteiger partial charge in [0.25, 0.3) is 0 Å². The van der Waals surface area contributed by atoms with Gasteiger partial charge in [-0.1, -0.05) is 12.1 Å². The number of aryl methyl sites for hydroxylation is 2. The molecule has 9 heteroatoms. The Morgan fingerprint density at radius 1 is 1.11 bits per heavy atom. The maximum atomic E-state index is 13.6. The number of benzene rings is 2. The number of nitrogens with zero attached hydrogens (tertiary/aromatic N) is 2. The van der Waals surface area contributed by atoms with E-state index in [0.29, 0.717) is 11.1 Å². The van der Waals surface area contributed by atoms with Crippen LogP contribution in [0.4, 0.5) is 13.2 Å². The van der Waals surface area contributed by atoms with Gasteiger partial charge in [-0.25, -0.2) is 5.43 Å². The molecule has 1 saturated carbocycles. The van der Waals surface area contributed by atoms with Crippen molar-refractivity contribution >= 4 is 22.5 Å². The van der Waals surface area contributed by atoms with Crippen LogP contribution in [-0.2, 0) is 11.0 Å². The number of nitrogens with one attached hydrogen (secondary N) is 1. The van der Waals surface area contributed by atoms with E-state index in [1.54, 1.807) is 24.3 Å². The summed E-state index contributed by atoms with van der Waals surface area (Å²) in [6.07, 6.45) is -1.61. The standard InChI is InChI=1S/C26H22F3N3O3/c1-14-10-15(2)12-18(11-14)32-20-13-17(26(27,28)29)7-8-19(20)22(25(32)34)23(21-4-3-9-35-21)30-31-24(33)16-5-6-16/h3-4,7-13,16,34H,5-6H2,1-2H3,(H,31,33). The number of hydrazone groups is 1. The van der Waals surface area contributed by atoms with E-state index in [2.05, 4.69) is 10.5 Å². The monoisotopic (exact) mass is 481 g/mol. The van der Waals surface area contributed by atoms with Gasteiger partial charge in [-0.15, -0.1) is 0 Å². The normalized spacial score (nSPS) is 14.5. The number of halogens is 3. The third-order valence-electron chi connectivity index (χ3n) is 5.95. The van der Waals surface area contributed by atoms with Gasteiger partial charge in [0.1, 0.15) is 5.71 Å². The summed E-state index contributed by atoms with van der Waals surface area (Å²) in [5.74, 6) is -0.446. The van der Waals surface area contributed by atoms with Gasteiger partial charge in [-0.3, -0.25) is 9.36 Å². The molecule has 1 fully saturated rings. The lowest BCUT2D eigenvalue weighted by Crippen LogP contribution is -2.21. The van der Waals surface area contributed by atoms with E-state index in [0.717, 1.165) is 36.1 Å². The SMILES string of the molecule is Cc1cc(C)cc(-n2c(O)c(C(=NNC(=O)C3CC3)c3ccco3)c3ccc(C(F)(F)F)cc32)c1. The third kappa shape index (κ3) is 4.29. The van der Waals surface area contributed by atoms with Crippen molar-refractivity contribution in [2.75, 3.05) is 0 Å². The Hall–Kier alpha value is -4.01. The van der Waals surface area contributed by atoms with Crippen molar-refractivity contribution in [2.24, 2.45) is 11.0 Å². The highest BCUT2D eigenvalue weighted by Gasteiger charge is 2.33. The number of amides is 1. The first-order chi connectivity index (χ1) is 16.6. The highest BCUT2D eigenvalue weighted by atomic mass is 19.4. The first-order valence-electron chi connectivity index (χ1n) is 11.1. The van der Waals surface area contributed by atoms with Crippen molar-refractivity contribution in [1.82, 2.24) is 9.99 Å². The lowest BCUT2D eigenvalue weighted by Gasteiger charge is -2.11. The van der Waals surface area contributed by atoms with Crippen LogP contribution in [0.5, 0.6) is 5.88 Å². The minimum atomic E-state index is -4.57. The highest BCUT2D eigenvalue weighted by Crippen LogP contribution is 2.40. The summed E-state index contributed by atoms with van der Waals surface area (Å²) < 4.78 is 47.7. The van der Waals surface area contributed by atoms with Crippen LogP contribution in [0.15, 0.2) is 64.3 Å². The molecule has 0 aliphatic heterocycles. The van der Waals surface area contributed by atoms with E-state index >= 15 is 0 Å². The Morgan fingerprint density at radius 2 is 1.83 bits per heavy atom. The fraction of sp³-hybridized carbons (Fsp3) is 0.231. The van der Waals surface area contributed by atoms with Crippen molar-refractivity contribution in [3.63, 3.8) is 0 Å². The van der Waals surface area contributed by atoms with Gasteiger partial charge in [-0.05, 0) is 74.2 Å². The second-order valence-corrected chi connectivity index (χ2v) is 8.80. The number of fused-ring (bicyclic) bond motifs is 1. The van der Waals surface area contributed by atoms with Crippen molar-refractivity contribution in [3.05, 3.63) is 82.8 Å². The van der Waals surface area contributed by atoms with Crippen molar-refractivity contribution in [3.8, 4) is 11.6 Å². The highest BCUT2D eigenvalue weighted by molar-refractivity contribution is 6.20. The van der Waals surface area contributed by atoms with Crippen LogP contribution in [0.2, 0.25) is 0 Å². The number of hydrogen-bond acceptors (Lipinski definition) is 4. The molecule has 1 amide bonds. The number of furan rings is 1. The predicted molar refractivity (Wildman–Crippen MR) is 125 cm³/mol. The Morgan fingerprint density at radius 3 is 2.43 bits per heavy atom. The lowest BCUT2D eigenvalue weighted by molar-refractivity contribution is -0.137.